The number of hydrogen-bond acceptors (Lipinski definition) is 9. The van der Waals surface area contributed by atoms with Crippen molar-refractivity contribution in [1.82, 2.24) is 0 Å². The van der Waals surface area contributed by atoms with Gasteiger partial charge in [0.2, 0.25) is 0 Å². The van der Waals surface area contributed by atoms with Crippen molar-refractivity contribution in [2.45, 2.75) is 53.4 Å². The number of ether oxygens (including phenoxy) is 1. The number of esters is 2. The van der Waals surface area contributed by atoms with E-state index in [1.165, 1.54) is 24.3 Å². The smallest absolute Gasteiger partial charge is 0.387 e. The molecule has 0 amide bonds. The second-order valence-electron chi connectivity index (χ2n) is 8.19. The molecule has 184 valence electrons. The molecule has 0 aliphatic heterocycles. The van der Waals surface area contributed by atoms with E-state index in [-0.39, 0.29) is 58.0 Å². The van der Waals surface area contributed by atoms with E-state index in [0.717, 1.165) is 0 Å². The van der Waals surface area contributed by atoms with Gasteiger partial charge in [-0.2, -0.15) is 0 Å². The molecule has 0 aliphatic rings. The molecule has 0 unspecified atom stereocenters. The first kappa shape index (κ1) is 27.1. The van der Waals surface area contributed by atoms with Gasteiger partial charge in [0, 0.05) is 35.3 Å². The van der Waals surface area contributed by atoms with Gasteiger partial charge in [-0.25, -0.2) is 9.59 Å². The topological polar surface area (TPSA) is 164 Å². The highest BCUT2D eigenvalue weighted by molar-refractivity contribution is 6.49. The fraction of sp³-hybridized carbons (Fsp3) is 0.308. The Labute approximate surface area is 202 Å². The second-order valence-corrected chi connectivity index (χ2v) is 8.19. The van der Waals surface area contributed by atoms with Crippen LogP contribution in [0, 0.1) is 13.8 Å². The van der Waals surface area contributed by atoms with E-state index in [2.05, 4.69) is 4.74 Å². The highest BCUT2D eigenvalue weighted by Gasteiger charge is 2.30. The minimum absolute atomic E-state index is 0.0851. The first-order chi connectivity index (χ1) is 16.4. The van der Waals surface area contributed by atoms with Gasteiger partial charge in [0.05, 0.1) is 11.1 Å². The lowest BCUT2D eigenvalue weighted by Crippen LogP contribution is -2.28. The van der Waals surface area contributed by atoms with Crippen molar-refractivity contribution in [3.63, 3.8) is 0 Å². The van der Waals surface area contributed by atoms with E-state index in [1.54, 1.807) is 13.8 Å². The van der Waals surface area contributed by atoms with Crippen molar-refractivity contribution < 1.29 is 33.5 Å². The molecule has 2 aromatic carbocycles. The van der Waals surface area contributed by atoms with Crippen molar-refractivity contribution in [3.8, 4) is 0 Å². The Morgan fingerprint density at radius 3 is 1.29 bits per heavy atom. The first-order valence-corrected chi connectivity index (χ1v) is 11.1. The number of carbonyl (C=O) groups excluding carboxylic acids is 6. The highest BCUT2D eigenvalue weighted by Crippen LogP contribution is 2.23. The van der Waals surface area contributed by atoms with Crippen molar-refractivity contribution in [2.24, 2.45) is 0 Å². The van der Waals surface area contributed by atoms with Crippen LogP contribution < -0.4 is 11.5 Å². The number of anilines is 2. The Balaban J connectivity index is 2.29. The van der Waals surface area contributed by atoms with Crippen LogP contribution in [0.2, 0.25) is 0 Å². The van der Waals surface area contributed by atoms with Crippen LogP contribution in [-0.4, -0.2) is 35.1 Å². The fourth-order valence-electron chi connectivity index (χ4n) is 3.57. The van der Waals surface area contributed by atoms with Gasteiger partial charge in [-0.3, -0.25) is 19.2 Å². The number of rotatable bonds is 10. The van der Waals surface area contributed by atoms with Gasteiger partial charge in [0.1, 0.15) is 0 Å². The van der Waals surface area contributed by atoms with Gasteiger partial charge in [0.15, 0.2) is 11.6 Å². The fourth-order valence-corrected chi connectivity index (χ4v) is 3.57. The van der Waals surface area contributed by atoms with E-state index in [0.29, 0.717) is 24.0 Å². The zero-order valence-electron chi connectivity index (χ0n) is 20.2. The zero-order chi connectivity index (χ0) is 26.4. The van der Waals surface area contributed by atoms with Gasteiger partial charge in [0.25, 0.3) is 11.6 Å². The molecule has 0 heterocycles. The summed E-state index contributed by atoms with van der Waals surface area (Å²) in [4.78, 5) is 74.6. The Hall–Kier alpha value is -4.14. The maximum atomic E-state index is 12.6. The largest absolute Gasteiger partial charge is 0.398 e. The number of carbonyl (C=O) groups is 6. The van der Waals surface area contributed by atoms with Crippen molar-refractivity contribution in [2.75, 3.05) is 11.5 Å². The Kier molecular flexibility index (Phi) is 8.77. The first-order valence-electron chi connectivity index (χ1n) is 11.1. The average molecular weight is 481 g/mol. The van der Waals surface area contributed by atoms with Crippen molar-refractivity contribution >= 4 is 46.4 Å². The summed E-state index contributed by atoms with van der Waals surface area (Å²) in [7, 11) is 0. The van der Waals surface area contributed by atoms with Crippen molar-refractivity contribution in [1.29, 1.82) is 0 Å². The third-order valence-electron chi connectivity index (χ3n) is 5.39. The lowest BCUT2D eigenvalue weighted by molar-refractivity contribution is -0.152. The van der Waals surface area contributed by atoms with Crippen LogP contribution in [0.25, 0.3) is 0 Å². The summed E-state index contributed by atoms with van der Waals surface area (Å²) in [6, 6.07) is 5.11. The van der Waals surface area contributed by atoms with Crippen LogP contribution in [-0.2, 0) is 14.3 Å². The second kappa shape index (κ2) is 11.3. The summed E-state index contributed by atoms with van der Waals surface area (Å²) < 4.78 is 4.49. The van der Waals surface area contributed by atoms with Crippen molar-refractivity contribution in [3.05, 3.63) is 57.6 Å². The third kappa shape index (κ3) is 6.06. The lowest BCUT2D eigenvalue weighted by atomic mass is 9.95. The maximum Gasteiger partial charge on any atom is 0.387 e. The summed E-state index contributed by atoms with van der Waals surface area (Å²) in [5.74, 6) is -6.32. The van der Waals surface area contributed by atoms with Crippen LogP contribution in [0.3, 0.4) is 0 Å². The van der Waals surface area contributed by atoms with Gasteiger partial charge < -0.3 is 16.2 Å². The minimum atomic E-state index is -1.64. The molecule has 0 saturated heterocycles. The number of benzene rings is 2. The molecule has 9 heteroatoms. The summed E-state index contributed by atoms with van der Waals surface area (Å²) in [5.41, 5.74) is 12.4. The van der Waals surface area contributed by atoms with Crippen LogP contribution in [0.1, 0.15) is 92.1 Å². The Bertz CT molecular complexity index is 1150. The SMILES string of the molecule is CCCC(=O)c1cc(C(=O)C(=O)OC(=O)C(=O)c2cc(C(=O)CCC)c(C)cc2N)c(N)cc1C. The molecule has 0 fully saturated rings. The van der Waals surface area contributed by atoms with E-state index < -0.39 is 23.5 Å². The Morgan fingerprint density at radius 2 is 0.971 bits per heavy atom. The molecule has 0 aromatic heterocycles. The van der Waals surface area contributed by atoms with E-state index in [9.17, 15) is 28.8 Å². The van der Waals surface area contributed by atoms with Crippen LogP contribution in [0.15, 0.2) is 24.3 Å². The number of ketones is 4. The lowest BCUT2D eigenvalue weighted by Gasteiger charge is -2.11. The molecule has 35 heavy (non-hydrogen) atoms. The Morgan fingerprint density at radius 1 is 0.629 bits per heavy atom. The predicted molar refractivity (Wildman–Crippen MR) is 129 cm³/mol. The molecule has 4 N–H and O–H groups in total. The summed E-state index contributed by atoms with van der Waals surface area (Å²) in [5, 5.41) is 0. The van der Waals surface area contributed by atoms with E-state index in [1.807, 2.05) is 13.8 Å². The zero-order valence-corrected chi connectivity index (χ0v) is 20.2. The molecular formula is C26H28N2O7. The standard InChI is InChI=1S/C26H28N2O7/c1-5-7-21(29)15-11-17(19(27)9-13(15)3)23(31)25(33)35-26(34)24(32)18-12-16(22(30)8-6-2)14(4)10-20(18)28/h9-12H,5-8,27-28H2,1-4H3. The van der Waals surface area contributed by atoms with Gasteiger partial charge in [-0.1, -0.05) is 13.8 Å². The monoisotopic (exact) mass is 480 g/mol. The van der Waals surface area contributed by atoms with Crippen LogP contribution >= 0.6 is 0 Å². The predicted octanol–water partition coefficient (Wildman–Crippen LogP) is 3.57. The summed E-state index contributed by atoms with van der Waals surface area (Å²) >= 11 is 0. The van der Waals surface area contributed by atoms with E-state index >= 15 is 0 Å². The molecule has 0 radical (unpaired) electrons. The molecular weight excluding hydrogens is 452 g/mol. The maximum absolute atomic E-state index is 12.6. The average Bonchev–Trinajstić information content (AvgIpc) is 2.78. The molecule has 0 aliphatic carbocycles. The number of aryl methyl sites for hydroxylation is 2. The highest BCUT2D eigenvalue weighted by atomic mass is 16.6. The van der Waals surface area contributed by atoms with Gasteiger partial charge >= 0.3 is 11.9 Å². The molecule has 2 rings (SSSR count). The molecule has 0 spiro atoms. The number of Topliss-reactive ketones (excluding diaryl/α,β-unsaturated/α-hetero) is 4. The quantitative estimate of drug-likeness (QED) is 0.170. The normalized spacial score (nSPS) is 10.5. The molecule has 0 bridgehead atoms. The van der Waals surface area contributed by atoms with Gasteiger partial charge in [-0.05, 0) is 62.1 Å². The molecule has 9 nitrogen and oxygen atoms in total. The van der Waals surface area contributed by atoms with Crippen LogP contribution in [0.4, 0.5) is 11.4 Å². The number of nitrogen functional groups attached to an aromatic ring is 2. The molecule has 0 saturated carbocycles. The minimum Gasteiger partial charge on any atom is -0.398 e. The third-order valence-corrected chi connectivity index (χ3v) is 5.39. The number of hydrogen-bond donors (Lipinski definition) is 2. The summed E-state index contributed by atoms with van der Waals surface area (Å²) in [6.07, 6.45) is 1.63. The van der Waals surface area contributed by atoms with Gasteiger partial charge in [-0.15, -0.1) is 0 Å². The van der Waals surface area contributed by atoms with Crippen LogP contribution in [0.5, 0.6) is 0 Å². The molecule has 0 atom stereocenters. The summed E-state index contributed by atoms with van der Waals surface area (Å²) in [6.45, 7) is 6.92. The molecule has 2 aromatic rings. The number of nitrogens with two attached hydrogens (primary N) is 2. The van der Waals surface area contributed by atoms with E-state index in [4.69, 9.17) is 11.5 Å².